The van der Waals surface area contributed by atoms with Crippen LogP contribution in [0.5, 0.6) is 5.75 Å². The van der Waals surface area contributed by atoms with Crippen molar-refractivity contribution < 1.29 is 4.74 Å². The zero-order valence-electron chi connectivity index (χ0n) is 14.2. The van der Waals surface area contributed by atoms with Crippen LogP contribution in [0.15, 0.2) is 79.0 Å². The Morgan fingerprint density at radius 3 is 2.60 bits per heavy atom. The molecule has 0 bridgehead atoms. The van der Waals surface area contributed by atoms with E-state index in [1.807, 2.05) is 29.1 Å². The van der Waals surface area contributed by atoms with Gasteiger partial charge in [0.15, 0.2) is 0 Å². The van der Waals surface area contributed by atoms with Gasteiger partial charge in [-0.3, -0.25) is 4.68 Å². The third kappa shape index (κ3) is 3.56. The molecule has 0 aliphatic rings. The molecule has 0 saturated heterocycles. The van der Waals surface area contributed by atoms with Crippen molar-refractivity contribution in [2.24, 2.45) is 0 Å². The Labute approximate surface area is 147 Å². The molecule has 0 unspecified atom stereocenters. The molecule has 0 aliphatic heterocycles. The number of aromatic nitrogens is 2. The highest BCUT2D eigenvalue weighted by atomic mass is 16.5. The lowest BCUT2D eigenvalue weighted by Crippen LogP contribution is -2.01. The van der Waals surface area contributed by atoms with E-state index in [-0.39, 0.29) is 0 Å². The molecule has 25 heavy (non-hydrogen) atoms. The summed E-state index contributed by atoms with van der Waals surface area (Å²) in [6.45, 7) is 3.41. The first-order valence-corrected chi connectivity index (χ1v) is 8.46. The van der Waals surface area contributed by atoms with Gasteiger partial charge in [0.2, 0.25) is 0 Å². The van der Waals surface area contributed by atoms with Gasteiger partial charge in [-0.05, 0) is 47.9 Å². The molecular weight excluding hydrogens is 308 g/mol. The molecule has 0 atom stereocenters. The van der Waals surface area contributed by atoms with Crippen molar-refractivity contribution >= 4 is 10.9 Å². The largest absolute Gasteiger partial charge is 0.489 e. The van der Waals surface area contributed by atoms with Crippen LogP contribution in [-0.2, 0) is 13.2 Å². The normalized spacial score (nSPS) is 10.9. The Hall–Kier alpha value is -3.07. The minimum Gasteiger partial charge on any atom is -0.489 e. The average Bonchev–Trinajstić information content (AvgIpc) is 3.03. The summed E-state index contributed by atoms with van der Waals surface area (Å²) in [6.07, 6.45) is 1.93. The fraction of sp³-hybridized carbons (Fsp3) is 0.136. The summed E-state index contributed by atoms with van der Waals surface area (Å²) in [5, 5.41) is 5.68. The van der Waals surface area contributed by atoms with Crippen LogP contribution in [0, 0.1) is 6.92 Å². The molecular formula is C22H20N2O. The van der Waals surface area contributed by atoms with Gasteiger partial charge in [-0.15, -0.1) is 0 Å². The Morgan fingerprint density at radius 2 is 1.76 bits per heavy atom. The van der Waals surface area contributed by atoms with Crippen LogP contribution >= 0.6 is 0 Å². The SMILES string of the molecule is Cc1cccc(OCc2ccc3c(cnn3Cc3ccccc3)c2)c1. The Morgan fingerprint density at radius 1 is 0.880 bits per heavy atom. The summed E-state index contributed by atoms with van der Waals surface area (Å²) in [5.74, 6) is 0.903. The first-order valence-electron chi connectivity index (χ1n) is 8.46. The van der Waals surface area contributed by atoms with Crippen LogP contribution in [0.1, 0.15) is 16.7 Å². The van der Waals surface area contributed by atoms with Crippen molar-refractivity contribution in [2.75, 3.05) is 0 Å². The smallest absolute Gasteiger partial charge is 0.120 e. The number of benzene rings is 3. The van der Waals surface area contributed by atoms with E-state index < -0.39 is 0 Å². The van der Waals surface area contributed by atoms with Crippen molar-refractivity contribution in [3.8, 4) is 5.75 Å². The molecule has 124 valence electrons. The predicted octanol–water partition coefficient (Wildman–Crippen LogP) is 4.97. The molecule has 4 aromatic rings. The highest BCUT2D eigenvalue weighted by Gasteiger charge is 2.05. The molecule has 1 heterocycles. The van der Waals surface area contributed by atoms with Crippen molar-refractivity contribution in [3.63, 3.8) is 0 Å². The highest BCUT2D eigenvalue weighted by molar-refractivity contribution is 5.79. The van der Waals surface area contributed by atoms with Crippen LogP contribution in [0.2, 0.25) is 0 Å². The van der Waals surface area contributed by atoms with Gasteiger partial charge in [0.05, 0.1) is 18.3 Å². The maximum absolute atomic E-state index is 5.90. The minimum absolute atomic E-state index is 0.559. The minimum atomic E-state index is 0.559. The monoisotopic (exact) mass is 328 g/mol. The highest BCUT2D eigenvalue weighted by Crippen LogP contribution is 2.19. The van der Waals surface area contributed by atoms with E-state index in [1.165, 1.54) is 11.1 Å². The summed E-state index contributed by atoms with van der Waals surface area (Å²) < 4.78 is 7.93. The number of hydrogen-bond donors (Lipinski definition) is 0. The van der Waals surface area contributed by atoms with E-state index in [2.05, 4.69) is 66.6 Å². The lowest BCUT2D eigenvalue weighted by molar-refractivity contribution is 0.306. The molecule has 0 amide bonds. The van der Waals surface area contributed by atoms with Crippen molar-refractivity contribution in [2.45, 2.75) is 20.1 Å². The molecule has 0 N–H and O–H groups in total. The molecule has 0 spiro atoms. The first-order chi connectivity index (χ1) is 12.3. The Kier molecular flexibility index (Phi) is 4.21. The molecule has 3 nitrogen and oxygen atoms in total. The molecule has 1 aromatic heterocycles. The third-order valence-corrected chi connectivity index (χ3v) is 4.28. The van der Waals surface area contributed by atoms with E-state index in [0.717, 1.165) is 28.8 Å². The fourth-order valence-electron chi connectivity index (χ4n) is 2.98. The first kappa shape index (κ1) is 15.5. The summed E-state index contributed by atoms with van der Waals surface area (Å²) in [6, 6.07) is 24.9. The van der Waals surface area contributed by atoms with Gasteiger partial charge >= 0.3 is 0 Å². The van der Waals surface area contributed by atoms with Crippen LogP contribution in [0.3, 0.4) is 0 Å². The van der Waals surface area contributed by atoms with Gasteiger partial charge in [-0.2, -0.15) is 5.10 Å². The zero-order chi connectivity index (χ0) is 17.1. The van der Waals surface area contributed by atoms with Crippen LogP contribution in [-0.4, -0.2) is 9.78 Å². The second-order valence-corrected chi connectivity index (χ2v) is 6.29. The maximum atomic E-state index is 5.90. The fourth-order valence-corrected chi connectivity index (χ4v) is 2.98. The average molecular weight is 328 g/mol. The third-order valence-electron chi connectivity index (χ3n) is 4.28. The molecule has 4 rings (SSSR count). The summed E-state index contributed by atoms with van der Waals surface area (Å²) >= 11 is 0. The zero-order valence-corrected chi connectivity index (χ0v) is 14.2. The van der Waals surface area contributed by atoms with Crippen LogP contribution < -0.4 is 4.74 Å². The number of ether oxygens (including phenoxy) is 1. The van der Waals surface area contributed by atoms with Gasteiger partial charge < -0.3 is 4.74 Å². The van der Waals surface area contributed by atoms with E-state index in [1.54, 1.807) is 0 Å². The lowest BCUT2D eigenvalue weighted by Gasteiger charge is -2.08. The molecule has 0 radical (unpaired) electrons. The van der Waals surface area contributed by atoms with Gasteiger partial charge in [0.25, 0.3) is 0 Å². The molecule has 0 fully saturated rings. The summed E-state index contributed by atoms with van der Waals surface area (Å²) in [4.78, 5) is 0. The standard InChI is InChI=1S/C22H20N2O/c1-17-6-5-9-21(12-17)25-16-19-10-11-22-20(13-19)14-23-24(22)15-18-7-3-2-4-8-18/h2-14H,15-16H2,1H3. The quantitative estimate of drug-likeness (QED) is 0.517. The van der Waals surface area contributed by atoms with Crippen molar-refractivity contribution in [1.82, 2.24) is 9.78 Å². The van der Waals surface area contributed by atoms with E-state index in [0.29, 0.717) is 6.61 Å². The van der Waals surface area contributed by atoms with Gasteiger partial charge in [-0.1, -0.05) is 48.5 Å². The molecule has 0 aliphatic carbocycles. The summed E-state index contributed by atoms with van der Waals surface area (Å²) in [7, 11) is 0. The molecule has 3 aromatic carbocycles. The van der Waals surface area contributed by atoms with Gasteiger partial charge in [0.1, 0.15) is 12.4 Å². The van der Waals surface area contributed by atoms with Crippen molar-refractivity contribution in [3.05, 3.63) is 95.7 Å². The second kappa shape index (κ2) is 6.81. The number of fused-ring (bicyclic) bond motifs is 1. The van der Waals surface area contributed by atoms with Crippen LogP contribution in [0.4, 0.5) is 0 Å². The molecule has 3 heteroatoms. The second-order valence-electron chi connectivity index (χ2n) is 6.29. The number of rotatable bonds is 5. The maximum Gasteiger partial charge on any atom is 0.120 e. The van der Waals surface area contributed by atoms with E-state index in [9.17, 15) is 0 Å². The topological polar surface area (TPSA) is 27.1 Å². The summed E-state index contributed by atoms with van der Waals surface area (Å²) in [5.41, 5.74) is 4.74. The Bertz CT molecular complexity index is 989. The van der Waals surface area contributed by atoms with E-state index >= 15 is 0 Å². The number of aryl methyl sites for hydroxylation is 1. The van der Waals surface area contributed by atoms with Crippen molar-refractivity contribution in [1.29, 1.82) is 0 Å². The Balaban J connectivity index is 1.51. The lowest BCUT2D eigenvalue weighted by atomic mass is 10.1. The molecule has 0 saturated carbocycles. The number of hydrogen-bond acceptors (Lipinski definition) is 2. The van der Waals surface area contributed by atoms with Gasteiger partial charge in [0, 0.05) is 5.39 Å². The van der Waals surface area contributed by atoms with Crippen LogP contribution in [0.25, 0.3) is 10.9 Å². The van der Waals surface area contributed by atoms with Gasteiger partial charge in [-0.25, -0.2) is 0 Å². The van der Waals surface area contributed by atoms with E-state index in [4.69, 9.17) is 4.74 Å². The predicted molar refractivity (Wildman–Crippen MR) is 101 cm³/mol. The number of nitrogens with zero attached hydrogens (tertiary/aromatic N) is 2.